The second-order valence-corrected chi connectivity index (χ2v) is 3.03. The second-order valence-electron chi connectivity index (χ2n) is 2.23. The first-order chi connectivity index (χ1) is 6.16. The van der Waals surface area contributed by atoms with E-state index in [-0.39, 0.29) is 5.56 Å². The lowest BCUT2D eigenvalue weighted by Gasteiger charge is -2.04. The third-order valence-corrected chi connectivity index (χ3v) is 2.30. The lowest BCUT2D eigenvalue weighted by Crippen LogP contribution is -2.01. The number of hydrogen-bond acceptors (Lipinski definition) is 2. The summed E-state index contributed by atoms with van der Waals surface area (Å²) < 4.78 is 0.370. The zero-order chi connectivity index (χ0) is 9.84. The summed E-state index contributed by atoms with van der Waals surface area (Å²) in [5.74, 6) is -1.04. The summed E-state index contributed by atoms with van der Waals surface area (Å²) >= 11 is 3.08. The SMILES string of the molecule is O=CNc1cccc(C(=O)O)c1Br. The largest absolute Gasteiger partial charge is 0.478 e. The summed E-state index contributed by atoms with van der Waals surface area (Å²) in [6.07, 6.45) is 0.492. The monoisotopic (exact) mass is 243 g/mol. The van der Waals surface area contributed by atoms with Gasteiger partial charge in [-0.1, -0.05) is 6.07 Å². The van der Waals surface area contributed by atoms with Crippen LogP contribution in [0.4, 0.5) is 5.69 Å². The third-order valence-electron chi connectivity index (χ3n) is 1.44. The Morgan fingerprint density at radius 1 is 1.54 bits per heavy atom. The number of carboxylic acids is 1. The van der Waals surface area contributed by atoms with E-state index in [1.807, 2.05) is 0 Å². The van der Waals surface area contributed by atoms with Crippen LogP contribution >= 0.6 is 15.9 Å². The van der Waals surface area contributed by atoms with Crippen LogP contribution in [-0.2, 0) is 4.79 Å². The van der Waals surface area contributed by atoms with Gasteiger partial charge in [-0.3, -0.25) is 4.79 Å². The number of amides is 1. The van der Waals surface area contributed by atoms with Gasteiger partial charge in [0.1, 0.15) is 0 Å². The number of anilines is 1. The van der Waals surface area contributed by atoms with E-state index in [2.05, 4.69) is 21.2 Å². The van der Waals surface area contributed by atoms with Crippen LogP contribution in [0.5, 0.6) is 0 Å². The van der Waals surface area contributed by atoms with Crippen LogP contribution in [0.25, 0.3) is 0 Å². The van der Waals surface area contributed by atoms with E-state index in [4.69, 9.17) is 5.11 Å². The Balaban J connectivity index is 3.17. The molecule has 2 N–H and O–H groups in total. The fourth-order valence-corrected chi connectivity index (χ4v) is 1.42. The van der Waals surface area contributed by atoms with Gasteiger partial charge in [-0.2, -0.15) is 0 Å². The van der Waals surface area contributed by atoms with Crippen molar-refractivity contribution in [1.82, 2.24) is 0 Å². The molecule has 0 aliphatic carbocycles. The smallest absolute Gasteiger partial charge is 0.336 e. The predicted molar refractivity (Wildman–Crippen MR) is 50.8 cm³/mol. The molecule has 0 saturated heterocycles. The maximum atomic E-state index is 10.6. The predicted octanol–water partition coefficient (Wildman–Crippen LogP) is 1.72. The molecular weight excluding hydrogens is 238 g/mol. The van der Waals surface area contributed by atoms with Gasteiger partial charge in [0.05, 0.1) is 15.7 Å². The van der Waals surface area contributed by atoms with Crippen LogP contribution in [0.1, 0.15) is 10.4 Å². The van der Waals surface area contributed by atoms with E-state index in [1.165, 1.54) is 6.07 Å². The Hall–Kier alpha value is -1.36. The number of halogens is 1. The Kier molecular flexibility index (Phi) is 3.02. The van der Waals surface area contributed by atoms with Crippen molar-refractivity contribution < 1.29 is 14.7 Å². The van der Waals surface area contributed by atoms with E-state index < -0.39 is 5.97 Å². The second kappa shape index (κ2) is 4.04. The van der Waals surface area contributed by atoms with Crippen molar-refractivity contribution in [2.45, 2.75) is 0 Å². The fraction of sp³-hybridized carbons (Fsp3) is 0. The van der Waals surface area contributed by atoms with E-state index in [0.29, 0.717) is 16.6 Å². The van der Waals surface area contributed by atoms with Crippen LogP contribution in [0.3, 0.4) is 0 Å². The summed E-state index contributed by atoms with van der Waals surface area (Å²) in [6.45, 7) is 0. The van der Waals surface area contributed by atoms with Crippen molar-refractivity contribution in [3.8, 4) is 0 Å². The normalized spacial score (nSPS) is 9.31. The molecule has 0 fully saturated rings. The lowest BCUT2D eigenvalue weighted by molar-refractivity contribution is -0.105. The molecule has 13 heavy (non-hydrogen) atoms. The molecule has 0 aliphatic rings. The number of carboxylic acid groups (broad SMARTS) is 1. The Bertz CT molecular complexity index is 351. The number of rotatable bonds is 3. The number of carbonyl (C=O) groups is 2. The van der Waals surface area contributed by atoms with Gasteiger partial charge in [-0.05, 0) is 28.1 Å². The quantitative estimate of drug-likeness (QED) is 0.795. The lowest BCUT2D eigenvalue weighted by atomic mass is 10.2. The van der Waals surface area contributed by atoms with Crippen LogP contribution in [0.15, 0.2) is 22.7 Å². The Labute approximate surface area is 82.7 Å². The molecule has 0 heterocycles. The molecule has 1 aromatic carbocycles. The molecule has 68 valence electrons. The molecule has 0 unspecified atom stereocenters. The molecule has 0 spiro atoms. The molecule has 1 rings (SSSR count). The topological polar surface area (TPSA) is 66.4 Å². The highest BCUT2D eigenvalue weighted by molar-refractivity contribution is 9.10. The first-order valence-electron chi connectivity index (χ1n) is 3.39. The third kappa shape index (κ3) is 2.06. The summed E-state index contributed by atoms with van der Waals surface area (Å²) in [5, 5.41) is 11.1. The van der Waals surface area contributed by atoms with Crippen molar-refractivity contribution in [3.05, 3.63) is 28.2 Å². The average Bonchev–Trinajstić information content (AvgIpc) is 2.08. The summed E-state index contributed by atoms with van der Waals surface area (Å²) in [7, 11) is 0. The van der Waals surface area contributed by atoms with E-state index in [1.54, 1.807) is 12.1 Å². The fourth-order valence-electron chi connectivity index (χ4n) is 0.872. The zero-order valence-corrected chi connectivity index (χ0v) is 8.04. The number of aromatic carboxylic acids is 1. The maximum absolute atomic E-state index is 10.6. The number of carbonyl (C=O) groups excluding carboxylic acids is 1. The molecule has 0 aromatic heterocycles. The van der Waals surface area contributed by atoms with Crippen molar-refractivity contribution in [2.75, 3.05) is 5.32 Å². The number of hydrogen-bond donors (Lipinski definition) is 2. The van der Waals surface area contributed by atoms with Crippen LogP contribution in [0, 0.1) is 0 Å². The highest BCUT2D eigenvalue weighted by Crippen LogP contribution is 2.25. The minimum Gasteiger partial charge on any atom is -0.478 e. The van der Waals surface area contributed by atoms with Crippen molar-refractivity contribution >= 4 is 34.0 Å². The van der Waals surface area contributed by atoms with Gasteiger partial charge >= 0.3 is 5.97 Å². The van der Waals surface area contributed by atoms with Crippen molar-refractivity contribution in [1.29, 1.82) is 0 Å². The van der Waals surface area contributed by atoms with Crippen LogP contribution in [-0.4, -0.2) is 17.5 Å². The van der Waals surface area contributed by atoms with E-state index in [0.717, 1.165) is 0 Å². The van der Waals surface area contributed by atoms with Crippen LogP contribution in [0.2, 0.25) is 0 Å². The highest BCUT2D eigenvalue weighted by atomic mass is 79.9. The Morgan fingerprint density at radius 3 is 2.77 bits per heavy atom. The van der Waals surface area contributed by atoms with Crippen LogP contribution < -0.4 is 5.32 Å². The highest BCUT2D eigenvalue weighted by Gasteiger charge is 2.10. The standard InChI is InChI=1S/C8H6BrNO3/c9-7-5(8(12)13)2-1-3-6(7)10-4-11/h1-4H,(H,10,11)(H,12,13). The van der Waals surface area contributed by atoms with Gasteiger partial charge in [-0.15, -0.1) is 0 Å². The maximum Gasteiger partial charge on any atom is 0.336 e. The van der Waals surface area contributed by atoms with Gasteiger partial charge in [0.15, 0.2) is 0 Å². The summed E-state index contributed by atoms with van der Waals surface area (Å²) in [4.78, 5) is 20.8. The van der Waals surface area contributed by atoms with E-state index >= 15 is 0 Å². The molecule has 1 aromatic rings. The zero-order valence-electron chi connectivity index (χ0n) is 6.45. The van der Waals surface area contributed by atoms with Crippen molar-refractivity contribution in [2.24, 2.45) is 0 Å². The number of nitrogens with one attached hydrogen (secondary N) is 1. The average molecular weight is 244 g/mol. The minimum atomic E-state index is -1.04. The molecule has 0 saturated carbocycles. The van der Waals surface area contributed by atoms with Gasteiger partial charge < -0.3 is 10.4 Å². The molecule has 0 bridgehead atoms. The first-order valence-corrected chi connectivity index (χ1v) is 4.18. The summed E-state index contributed by atoms with van der Waals surface area (Å²) in [6, 6.07) is 4.60. The summed E-state index contributed by atoms with van der Waals surface area (Å²) in [5.41, 5.74) is 0.557. The molecule has 0 radical (unpaired) electrons. The van der Waals surface area contributed by atoms with Gasteiger partial charge in [0.2, 0.25) is 6.41 Å². The molecule has 5 heteroatoms. The van der Waals surface area contributed by atoms with Gasteiger partial charge in [0, 0.05) is 0 Å². The van der Waals surface area contributed by atoms with E-state index in [9.17, 15) is 9.59 Å². The van der Waals surface area contributed by atoms with Crippen molar-refractivity contribution in [3.63, 3.8) is 0 Å². The van der Waals surface area contributed by atoms with Gasteiger partial charge in [0.25, 0.3) is 0 Å². The van der Waals surface area contributed by atoms with Gasteiger partial charge in [-0.25, -0.2) is 4.79 Å². The molecule has 0 aliphatic heterocycles. The molecule has 4 nitrogen and oxygen atoms in total. The Morgan fingerprint density at radius 2 is 2.23 bits per heavy atom. The molecule has 0 atom stereocenters. The molecule has 1 amide bonds. The molecular formula is C8H6BrNO3. The minimum absolute atomic E-state index is 0.117. The number of benzene rings is 1. The first kappa shape index (κ1) is 9.73.